The predicted molar refractivity (Wildman–Crippen MR) is 154 cm³/mol. The van der Waals surface area contributed by atoms with Gasteiger partial charge >= 0.3 is 6.98 Å². The molecule has 0 spiro atoms. The topological polar surface area (TPSA) is 27.3 Å². The Hall–Kier alpha value is -3.24. The van der Waals surface area contributed by atoms with Gasteiger partial charge < -0.3 is 10.5 Å². The zero-order chi connectivity index (χ0) is 24.2. The van der Waals surface area contributed by atoms with Crippen LogP contribution in [0.1, 0.15) is 43.2 Å². The van der Waals surface area contributed by atoms with E-state index in [-0.39, 0.29) is 6.98 Å². The van der Waals surface area contributed by atoms with Crippen LogP contribution >= 0.6 is 0 Å². The first-order chi connectivity index (χ1) is 17.8. The van der Waals surface area contributed by atoms with Crippen LogP contribution in [0.25, 0.3) is 10.8 Å². The SMILES string of the molecule is c1ccc(CN(Cc2ccccc2)CC(B2Nc3cccc4cccc(c34)N2)C2CCCCC2)cc1. The van der Waals surface area contributed by atoms with E-state index in [1.54, 1.807) is 0 Å². The van der Waals surface area contributed by atoms with Gasteiger partial charge in [-0.05, 0) is 46.9 Å². The van der Waals surface area contributed by atoms with E-state index in [0.29, 0.717) is 5.82 Å². The second-order valence-electron chi connectivity index (χ2n) is 10.7. The van der Waals surface area contributed by atoms with Crippen LogP contribution in [0.3, 0.4) is 0 Å². The van der Waals surface area contributed by atoms with E-state index < -0.39 is 0 Å². The second-order valence-corrected chi connectivity index (χ2v) is 10.7. The van der Waals surface area contributed by atoms with Crippen molar-refractivity contribution in [3.63, 3.8) is 0 Å². The van der Waals surface area contributed by atoms with Crippen LogP contribution in [0.4, 0.5) is 11.4 Å². The van der Waals surface area contributed by atoms with Crippen LogP contribution in [-0.4, -0.2) is 18.4 Å². The van der Waals surface area contributed by atoms with Crippen molar-refractivity contribution in [1.82, 2.24) is 4.90 Å². The minimum atomic E-state index is 0.225. The number of nitrogens with one attached hydrogen (secondary N) is 2. The van der Waals surface area contributed by atoms with Gasteiger partial charge in [0.1, 0.15) is 0 Å². The fourth-order valence-electron chi connectivity index (χ4n) is 6.42. The molecular weight excluding hydrogens is 437 g/mol. The number of benzene rings is 4. The largest absolute Gasteiger partial charge is 0.409 e. The van der Waals surface area contributed by atoms with Gasteiger partial charge in [-0.25, -0.2) is 0 Å². The summed E-state index contributed by atoms with van der Waals surface area (Å²) in [6, 6.07) is 35.2. The van der Waals surface area contributed by atoms with Crippen LogP contribution in [-0.2, 0) is 13.1 Å². The fourth-order valence-corrected chi connectivity index (χ4v) is 6.42. The van der Waals surface area contributed by atoms with Gasteiger partial charge in [0.2, 0.25) is 0 Å². The summed E-state index contributed by atoms with van der Waals surface area (Å²) in [6.07, 6.45) is 6.77. The Morgan fingerprint density at radius 1 is 0.667 bits per heavy atom. The van der Waals surface area contributed by atoms with Crippen molar-refractivity contribution in [3.8, 4) is 0 Å². The summed E-state index contributed by atoms with van der Waals surface area (Å²) < 4.78 is 0. The molecule has 1 fully saturated rings. The Kier molecular flexibility index (Phi) is 6.95. The van der Waals surface area contributed by atoms with E-state index in [1.807, 2.05) is 0 Å². The normalized spacial score (nSPS) is 16.5. The van der Waals surface area contributed by atoms with Crippen molar-refractivity contribution in [2.75, 3.05) is 17.0 Å². The molecule has 6 rings (SSSR count). The lowest BCUT2D eigenvalue weighted by Crippen LogP contribution is -2.48. The molecule has 0 saturated heterocycles. The molecule has 1 unspecified atom stereocenters. The fraction of sp³-hybridized carbons (Fsp3) is 0.312. The zero-order valence-electron chi connectivity index (χ0n) is 21.1. The quantitative estimate of drug-likeness (QED) is 0.256. The molecule has 0 amide bonds. The predicted octanol–water partition coefficient (Wildman–Crippen LogP) is 7.82. The Bertz CT molecular complexity index is 1190. The number of rotatable bonds is 8. The molecule has 2 aliphatic rings. The molecule has 1 aliphatic carbocycles. The number of hydrogen-bond acceptors (Lipinski definition) is 3. The van der Waals surface area contributed by atoms with Crippen molar-refractivity contribution >= 4 is 29.1 Å². The molecule has 1 aliphatic heterocycles. The molecule has 36 heavy (non-hydrogen) atoms. The van der Waals surface area contributed by atoms with Crippen molar-refractivity contribution in [2.45, 2.75) is 51.0 Å². The van der Waals surface area contributed by atoms with Gasteiger partial charge in [0.25, 0.3) is 0 Å². The van der Waals surface area contributed by atoms with Crippen LogP contribution in [0.2, 0.25) is 5.82 Å². The Morgan fingerprint density at radius 2 is 1.22 bits per heavy atom. The third-order valence-corrected chi connectivity index (χ3v) is 8.18. The lowest BCUT2D eigenvalue weighted by molar-refractivity contribution is 0.216. The maximum atomic E-state index is 3.95. The van der Waals surface area contributed by atoms with E-state index in [2.05, 4.69) is 112 Å². The van der Waals surface area contributed by atoms with Crippen LogP contribution in [0.15, 0.2) is 97.1 Å². The summed E-state index contributed by atoms with van der Waals surface area (Å²) in [5.74, 6) is 1.24. The third kappa shape index (κ3) is 5.15. The summed E-state index contributed by atoms with van der Waals surface area (Å²) in [5.41, 5.74) is 5.31. The molecule has 0 bridgehead atoms. The molecule has 182 valence electrons. The molecule has 1 heterocycles. The molecule has 0 aromatic heterocycles. The van der Waals surface area contributed by atoms with E-state index in [9.17, 15) is 0 Å². The smallest absolute Gasteiger partial charge is 0.375 e. The average Bonchev–Trinajstić information content (AvgIpc) is 2.93. The minimum Gasteiger partial charge on any atom is -0.409 e. The lowest BCUT2D eigenvalue weighted by atomic mass is 9.53. The van der Waals surface area contributed by atoms with Crippen molar-refractivity contribution in [3.05, 3.63) is 108 Å². The van der Waals surface area contributed by atoms with Gasteiger partial charge in [-0.2, -0.15) is 0 Å². The first-order valence-corrected chi connectivity index (χ1v) is 13.7. The average molecular weight is 473 g/mol. The zero-order valence-corrected chi connectivity index (χ0v) is 21.1. The van der Waals surface area contributed by atoms with E-state index in [0.717, 1.165) is 25.6 Å². The lowest BCUT2D eigenvalue weighted by Gasteiger charge is -2.40. The maximum Gasteiger partial charge on any atom is 0.375 e. The molecule has 4 heteroatoms. The first kappa shape index (κ1) is 23.2. The molecule has 1 atom stereocenters. The molecule has 2 N–H and O–H groups in total. The second kappa shape index (κ2) is 10.8. The Labute approximate surface area is 216 Å². The van der Waals surface area contributed by atoms with Gasteiger partial charge in [-0.3, -0.25) is 4.90 Å². The monoisotopic (exact) mass is 473 g/mol. The third-order valence-electron chi connectivity index (χ3n) is 8.18. The highest BCUT2D eigenvalue weighted by molar-refractivity contribution is 6.69. The van der Waals surface area contributed by atoms with Crippen molar-refractivity contribution < 1.29 is 0 Å². The van der Waals surface area contributed by atoms with Crippen LogP contribution in [0.5, 0.6) is 0 Å². The van der Waals surface area contributed by atoms with E-state index >= 15 is 0 Å². The highest BCUT2D eigenvalue weighted by Crippen LogP contribution is 2.41. The maximum absolute atomic E-state index is 3.95. The van der Waals surface area contributed by atoms with Crippen LogP contribution in [0, 0.1) is 5.92 Å². The highest BCUT2D eigenvalue weighted by atomic mass is 15.1. The van der Waals surface area contributed by atoms with Crippen LogP contribution < -0.4 is 10.5 Å². The molecule has 0 radical (unpaired) electrons. The van der Waals surface area contributed by atoms with Gasteiger partial charge in [0.05, 0.1) is 0 Å². The van der Waals surface area contributed by atoms with Gasteiger partial charge in [-0.1, -0.05) is 117 Å². The van der Waals surface area contributed by atoms with Gasteiger partial charge in [0, 0.05) is 29.9 Å². The Balaban J connectivity index is 1.31. The summed E-state index contributed by atoms with van der Waals surface area (Å²) in [4.78, 5) is 2.67. The minimum absolute atomic E-state index is 0.225. The molecular formula is C32H36BN3. The summed E-state index contributed by atoms with van der Waals surface area (Å²) >= 11 is 0. The van der Waals surface area contributed by atoms with E-state index in [4.69, 9.17) is 0 Å². The highest BCUT2D eigenvalue weighted by Gasteiger charge is 2.38. The Morgan fingerprint density at radius 3 is 1.78 bits per heavy atom. The van der Waals surface area contributed by atoms with Gasteiger partial charge in [-0.15, -0.1) is 0 Å². The summed E-state index contributed by atoms with van der Waals surface area (Å²) in [6.45, 7) is 3.23. The number of hydrogen-bond donors (Lipinski definition) is 2. The van der Waals surface area contributed by atoms with Crippen molar-refractivity contribution in [1.29, 1.82) is 0 Å². The molecule has 1 saturated carbocycles. The summed E-state index contributed by atoms with van der Waals surface area (Å²) in [5, 5.41) is 10.5. The molecule has 4 aromatic carbocycles. The number of anilines is 2. The number of nitrogens with zero attached hydrogens (tertiary/aromatic N) is 1. The standard InChI is InChI=1S/C32H36BN3/c1-4-12-25(13-5-1)22-36(23-26-14-6-2-7-15-26)24-29(27-16-8-3-9-17-27)33-34-30-20-10-18-28-19-11-21-31(35-33)32(28)30/h1-2,4-7,10-15,18-21,27,29,34-35H,3,8-9,16-17,22-24H2. The van der Waals surface area contributed by atoms with Crippen molar-refractivity contribution in [2.24, 2.45) is 5.92 Å². The first-order valence-electron chi connectivity index (χ1n) is 13.7. The molecule has 3 nitrogen and oxygen atoms in total. The summed E-state index contributed by atoms with van der Waals surface area (Å²) in [7, 11) is 0. The van der Waals surface area contributed by atoms with Gasteiger partial charge in [0.15, 0.2) is 0 Å². The van der Waals surface area contributed by atoms with E-state index in [1.165, 1.54) is 65.4 Å². The molecule has 4 aromatic rings.